The van der Waals surface area contributed by atoms with Crippen LogP contribution in [0, 0.1) is 0 Å². The molecule has 0 radical (unpaired) electrons. The van der Waals surface area contributed by atoms with E-state index in [-0.39, 0.29) is 12.0 Å². The lowest BCUT2D eigenvalue weighted by Crippen LogP contribution is -2.36. The lowest BCUT2D eigenvalue weighted by Gasteiger charge is -2.02. The molecule has 0 atom stereocenters. The summed E-state index contributed by atoms with van der Waals surface area (Å²) in [4.78, 5) is 18.4. The molecule has 8 nitrogen and oxygen atoms in total. The summed E-state index contributed by atoms with van der Waals surface area (Å²) in [7, 11) is -4.32. The first-order chi connectivity index (χ1) is 5.89. The van der Waals surface area contributed by atoms with Crippen LogP contribution in [0.1, 0.15) is 0 Å². The summed E-state index contributed by atoms with van der Waals surface area (Å²) in [5, 5.41) is 7.08. The van der Waals surface area contributed by atoms with Crippen molar-refractivity contribution in [1.82, 2.24) is 15.0 Å². The van der Waals surface area contributed by atoms with Crippen molar-refractivity contribution in [1.29, 1.82) is 0 Å². The molecule has 6 N–H and O–H groups in total. The van der Waals surface area contributed by atoms with Gasteiger partial charge in [-0.2, -0.15) is 9.90 Å². The van der Waals surface area contributed by atoms with E-state index in [2.05, 4.69) is 10.2 Å². The smallest absolute Gasteiger partial charge is 0.320 e. The fraction of sp³-hybridized carbons (Fsp3) is 0.500. The van der Waals surface area contributed by atoms with Crippen molar-refractivity contribution in [3.05, 3.63) is 6.20 Å². The predicted octanol–water partition coefficient (Wildman–Crippen LogP) is -2.68. The largest absolute Gasteiger partial charge is 0.378 e. The summed E-state index contributed by atoms with van der Waals surface area (Å²) in [6, 6.07) is 0. The van der Waals surface area contributed by atoms with Gasteiger partial charge in [0.1, 0.15) is 0 Å². The van der Waals surface area contributed by atoms with Crippen LogP contribution >= 0.6 is 7.60 Å². The molecule has 1 aromatic heterocycles. The molecule has 0 aliphatic carbocycles. The molecule has 0 bridgehead atoms. The Morgan fingerprint density at radius 2 is 2.23 bits per heavy atom. The minimum absolute atomic E-state index is 0.111. The van der Waals surface area contributed by atoms with E-state index in [9.17, 15) is 4.57 Å². The second-order valence-corrected chi connectivity index (χ2v) is 4.01. The fourth-order valence-electron chi connectivity index (χ4n) is 0.698. The van der Waals surface area contributed by atoms with E-state index in [1.807, 2.05) is 0 Å². The molecule has 9 heteroatoms. The Kier molecular flexibility index (Phi) is 2.79. The zero-order valence-corrected chi connectivity index (χ0v) is 7.50. The summed E-state index contributed by atoms with van der Waals surface area (Å²) in [6.45, 7) is 0.111. The average Bonchev–Trinajstić information content (AvgIpc) is 2.32. The molecular formula is C4H10N5O3P. The Balaban J connectivity index is 2.81. The fourth-order valence-corrected chi connectivity index (χ4v) is 1.12. The molecule has 0 aliphatic heterocycles. The first kappa shape index (κ1) is 10.3. The monoisotopic (exact) mass is 207 g/mol. The molecule has 74 valence electrons. The molecular weight excluding hydrogens is 197 g/mol. The highest BCUT2D eigenvalue weighted by Gasteiger charge is 2.21. The first-order valence-electron chi connectivity index (χ1n) is 3.37. The van der Waals surface area contributed by atoms with Crippen molar-refractivity contribution in [2.45, 2.75) is 12.7 Å². The van der Waals surface area contributed by atoms with Crippen molar-refractivity contribution in [2.24, 2.45) is 11.5 Å². The van der Waals surface area contributed by atoms with E-state index in [0.717, 1.165) is 11.0 Å². The second kappa shape index (κ2) is 3.52. The van der Waals surface area contributed by atoms with Crippen LogP contribution in [0.2, 0.25) is 0 Å². The van der Waals surface area contributed by atoms with E-state index >= 15 is 0 Å². The minimum Gasteiger partial charge on any atom is -0.320 e. The number of nitrogens with zero attached hydrogens (tertiary/aromatic N) is 3. The van der Waals surface area contributed by atoms with E-state index in [1.165, 1.54) is 0 Å². The maximum Gasteiger partial charge on any atom is 0.378 e. The van der Waals surface area contributed by atoms with Gasteiger partial charge in [-0.1, -0.05) is 0 Å². The average molecular weight is 207 g/mol. The van der Waals surface area contributed by atoms with Gasteiger partial charge in [0.15, 0.2) is 5.44 Å². The second-order valence-electron chi connectivity index (χ2n) is 2.47. The SMILES string of the molecule is NC(N)Cn1ncc(P(=O)(O)O)n1. The van der Waals surface area contributed by atoms with Gasteiger partial charge in [-0.05, 0) is 0 Å². The third-order valence-electron chi connectivity index (χ3n) is 1.20. The molecule has 1 rings (SSSR count). The van der Waals surface area contributed by atoms with E-state index in [1.54, 1.807) is 0 Å². The first-order valence-corrected chi connectivity index (χ1v) is 4.98. The molecule has 0 fully saturated rings. The zero-order chi connectivity index (χ0) is 10.1. The van der Waals surface area contributed by atoms with Gasteiger partial charge in [0.2, 0.25) is 0 Å². The Morgan fingerprint density at radius 3 is 2.62 bits per heavy atom. The molecule has 0 amide bonds. The standard InChI is InChI=1S/C4H10N5O3P/c5-3(6)2-9-7-1-4(8-9)13(10,11)12/h1,3H,2,5-6H2,(H2,10,11,12). The normalized spacial score (nSPS) is 12.4. The molecule has 0 saturated heterocycles. The van der Waals surface area contributed by atoms with Crippen molar-refractivity contribution in [2.75, 3.05) is 0 Å². The zero-order valence-electron chi connectivity index (χ0n) is 6.61. The van der Waals surface area contributed by atoms with Gasteiger partial charge in [-0.3, -0.25) is 4.57 Å². The molecule has 0 unspecified atom stereocenters. The molecule has 0 spiro atoms. The highest BCUT2D eigenvalue weighted by Crippen LogP contribution is 2.31. The molecule has 0 saturated carbocycles. The van der Waals surface area contributed by atoms with Gasteiger partial charge < -0.3 is 21.3 Å². The topological polar surface area (TPSA) is 140 Å². The lowest BCUT2D eigenvalue weighted by atomic mass is 10.6. The summed E-state index contributed by atoms with van der Waals surface area (Å²) in [6.07, 6.45) is 0.334. The Bertz CT molecular complexity index is 330. The number of hydrogen-bond donors (Lipinski definition) is 4. The Morgan fingerprint density at radius 1 is 1.62 bits per heavy atom. The van der Waals surface area contributed by atoms with E-state index in [4.69, 9.17) is 21.3 Å². The summed E-state index contributed by atoms with van der Waals surface area (Å²) in [5.74, 6) is 0. The third kappa shape index (κ3) is 2.87. The van der Waals surface area contributed by atoms with Gasteiger partial charge >= 0.3 is 7.60 Å². The maximum atomic E-state index is 10.6. The maximum absolute atomic E-state index is 10.6. The van der Waals surface area contributed by atoms with Gasteiger partial charge in [-0.15, -0.1) is 5.10 Å². The molecule has 0 aliphatic rings. The van der Waals surface area contributed by atoms with Crippen LogP contribution in [0.4, 0.5) is 0 Å². The van der Waals surface area contributed by atoms with Crippen LogP contribution in [-0.2, 0) is 11.1 Å². The highest BCUT2D eigenvalue weighted by atomic mass is 31.2. The highest BCUT2D eigenvalue weighted by molar-refractivity contribution is 7.59. The van der Waals surface area contributed by atoms with Gasteiger partial charge in [0.05, 0.1) is 18.9 Å². The number of hydrogen-bond acceptors (Lipinski definition) is 5. The van der Waals surface area contributed by atoms with Crippen molar-refractivity contribution in [3.8, 4) is 0 Å². The molecule has 13 heavy (non-hydrogen) atoms. The van der Waals surface area contributed by atoms with Gasteiger partial charge in [0.25, 0.3) is 0 Å². The van der Waals surface area contributed by atoms with Crippen molar-refractivity contribution >= 4 is 13.0 Å². The molecule has 0 aromatic carbocycles. The van der Waals surface area contributed by atoms with E-state index < -0.39 is 13.8 Å². The van der Waals surface area contributed by atoms with Crippen LogP contribution < -0.4 is 16.9 Å². The summed E-state index contributed by atoms with van der Waals surface area (Å²) >= 11 is 0. The lowest BCUT2D eigenvalue weighted by molar-refractivity contribution is 0.385. The van der Waals surface area contributed by atoms with Crippen LogP contribution in [-0.4, -0.2) is 30.9 Å². The Labute approximate surface area is 73.7 Å². The van der Waals surface area contributed by atoms with Crippen molar-refractivity contribution in [3.63, 3.8) is 0 Å². The summed E-state index contributed by atoms with van der Waals surface area (Å²) in [5.41, 5.74) is 10.1. The molecule has 1 heterocycles. The van der Waals surface area contributed by atoms with E-state index in [0.29, 0.717) is 0 Å². The van der Waals surface area contributed by atoms with Crippen LogP contribution in [0.25, 0.3) is 0 Å². The molecule has 1 aromatic rings. The van der Waals surface area contributed by atoms with Crippen LogP contribution in [0.15, 0.2) is 6.20 Å². The number of rotatable bonds is 3. The quantitative estimate of drug-likeness (QED) is 0.312. The summed E-state index contributed by atoms with van der Waals surface area (Å²) < 4.78 is 10.6. The van der Waals surface area contributed by atoms with Gasteiger partial charge in [-0.25, -0.2) is 0 Å². The third-order valence-corrected chi connectivity index (χ3v) is 2.00. The number of nitrogens with two attached hydrogens (primary N) is 2. The minimum atomic E-state index is -4.32. The van der Waals surface area contributed by atoms with Gasteiger partial charge in [0, 0.05) is 0 Å². The van der Waals surface area contributed by atoms with Crippen LogP contribution in [0.5, 0.6) is 0 Å². The van der Waals surface area contributed by atoms with Crippen LogP contribution in [0.3, 0.4) is 0 Å². The Hall–Kier alpha value is -0.790. The predicted molar refractivity (Wildman–Crippen MR) is 43.9 cm³/mol. The number of aromatic nitrogens is 3. The van der Waals surface area contributed by atoms with Crippen molar-refractivity contribution < 1.29 is 14.4 Å².